The zero-order chi connectivity index (χ0) is 11.0. The third-order valence-corrected chi connectivity index (χ3v) is 2.55. The summed E-state index contributed by atoms with van der Waals surface area (Å²) >= 11 is 0. The lowest BCUT2D eigenvalue weighted by Gasteiger charge is -1.97. The smallest absolute Gasteiger partial charge is 0.120 e. The van der Waals surface area contributed by atoms with Crippen molar-refractivity contribution in [3.05, 3.63) is 36.5 Å². The summed E-state index contributed by atoms with van der Waals surface area (Å²) in [5.41, 5.74) is 9.52. The van der Waals surface area contributed by atoms with E-state index < -0.39 is 0 Å². The summed E-state index contributed by atoms with van der Waals surface area (Å²) in [5.74, 6) is 0.791. The molecule has 0 aliphatic carbocycles. The number of fused-ring (bicyclic) bond motifs is 1. The quantitative estimate of drug-likeness (QED) is 0.601. The van der Waals surface area contributed by atoms with Gasteiger partial charge in [-0.2, -0.15) is 0 Å². The van der Waals surface area contributed by atoms with Crippen molar-refractivity contribution < 1.29 is 0 Å². The minimum absolute atomic E-state index is 0.423. The summed E-state index contributed by atoms with van der Waals surface area (Å²) < 4.78 is 0. The van der Waals surface area contributed by atoms with E-state index in [9.17, 15) is 0 Å². The lowest BCUT2D eigenvalue weighted by molar-refractivity contribution is 0.950. The molecule has 4 N–H and O–H groups in total. The van der Waals surface area contributed by atoms with Gasteiger partial charge in [0.25, 0.3) is 0 Å². The van der Waals surface area contributed by atoms with E-state index in [0.717, 1.165) is 28.1 Å². The summed E-state index contributed by atoms with van der Waals surface area (Å²) in [4.78, 5) is 14.6. The minimum atomic E-state index is 0.423. The van der Waals surface area contributed by atoms with Crippen molar-refractivity contribution in [3.8, 4) is 11.3 Å². The van der Waals surface area contributed by atoms with Gasteiger partial charge in [0.1, 0.15) is 5.82 Å². The highest BCUT2D eigenvalue weighted by Crippen LogP contribution is 2.20. The molecule has 0 saturated heterocycles. The summed E-state index contributed by atoms with van der Waals surface area (Å²) in [7, 11) is 0. The van der Waals surface area contributed by atoms with E-state index >= 15 is 0 Å². The Morgan fingerprint density at radius 3 is 3.00 bits per heavy atom. The molecular weight excluding hydrogens is 202 g/mol. The Balaban J connectivity index is 2.10. The van der Waals surface area contributed by atoms with Gasteiger partial charge in [0, 0.05) is 5.56 Å². The molecule has 3 aromatic rings. The van der Waals surface area contributed by atoms with Gasteiger partial charge in [-0.25, -0.2) is 9.97 Å². The van der Waals surface area contributed by atoms with Crippen LogP contribution in [0.2, 0.25) is 0 Å². The zero-order valence-corrected chi connectivity index (χ0v) is 8.57. The maximum Gasteiger partial charge on any atom is 0.120 e. The number of hydrogen-bond acceptors (Lipinski definition) is 3. The molecule has 0 bridgehead atoms. The number of nitrogens with two attached hydrogens (primary N) is 1. The molecule has 0 radical (unpaired) electrons. The maximum absolute atomic E-state index is 5.51. The Labute approximate surface area is 91.7 Å². The van der Waals surface area contributed by atoms with E-state index in [2.05, 4.69) is 19.9 Å². The average molecular weight is 213 g/mol. The SMILES string of the molecule is NCc1ncc(-c2ccc3nc[nH]c3c2)[nH]1. The fourth-order valence-electron chi connectivity index (χ4n) is 1.72. The van der Waals surface area contributed by atoms with Crippen LogP contribution in [0.4, 0.5) is 0 Å². The minimum Gasteiger partial charge on any atom is -0.345 e. The monoisotopic (exact) mass is 213 g/mol. The van der Waals surface area contributed by atoms with Gasteiger partial charge in [0.05, 0.1) is 35.8 Å². The molecule has 0 saturated carbocycles. The van der Waals surface area contributed by atoms with Crippen LogP contribution in [0.25, 0.3) is 22.3 Å². The Kier molecular flexibility index (Phi) is 1.97. The van der Waals surface area contributed by atoms with Crippen LogP contribution < -0.4 is 5.73 Å². The highest BCUT2D eigenvalue weighted by atomic mass is 14.9. The number of benzene rings is 1. The number of imidazole rings is 2. The molecule has 2 aromatic heterocycles. The van der Waals surface area contributed by atoms with Gasteiger partial charge in [-0.3, -0.25) is 0 Å². The van der Waals surface area contributed by atoms with Crippen molar-refractivity contribution in [1.82, 2.24) is 19.9 Å². The highest BCUT2D eigenvalue weighted by molar-refractivity contribution is 5.80. The van der Waals surface area contributed by atoms with Gasteiger partial charge in [0.15, 0.2) is 0 Å². The molecule has 5 nitrogen and oxygen atoms in total. The number of nitrogens with zero attached hydrogens (tertiary/aromatic N) is 2. The Bertz CT molecular complexity index is 622. The van der Waals surface area contributed by atoms with Gasteiger partial charge in [-0.05, 0) is 12.1 Å². The largest absolute Gasteiger partial charge is 0.345 e. The second-order valence-electron chi connectivity index (χ2n) is 3.58. The molecule has 80 valence electrons. The van der Waals surface area contributed by atoms with E-state index in [-0.39, 0.29) is 0 Å². The molecule has 5 heteroatoms. The molecule has 0 aliphatic rings. The van der Waals surface area contributed by atoms with Crippen molar-refractivity contribution >= 4 is 11.0 Å². The van der Waals surface area contributed by atoms with Crippen LogP contribution in [0.1, 0.15) is 5.82 Å². The normalized spacial score (nSPS) is 11.1. The standard InChI is InChI=1S/C11H11N5/c12-4-11-13-5-10(16-11)7-1-2-8-9(3-7)15-6-14-8/h1-3,5-6H,4,12H2,(H,13,16)(H,14,15). The number of aromatic nitrogens is 4. The molecule has 0 fully saturated rings. The first-order valence-electron chi connectivity index (χ1n) is 5.04. The van der Waals surface area contributed by atoms with Gasteiger partial charge < -0.3 is 15.7 Å². The molecule has 0 spiro atoms. The number of aromatic amines is 2. The third kappa shape index (κ3) is 1.38. The first-order chi connectivity index (χ1) is 7.86. The molecule has 0 atom stereocenters. The maximum atomic E-state index is 5.51. The first kappa shape index (κ1) is 9.11. The van der Waals surface area contributed by atoms with Crippen molar-refractivity contribution in [2.24, 2.45) is 5.73 Å². The average Bonchev–Trinajstić information content (AvgIpc) is 2.96. The molecule has 16 heavy (non-hydrogen) atoms. The van der Waals surface area contributed by atoms with Gasteiger partial charge in [-0.15, -0.1) is 0 Å². The van der Waals surface area contributed by atoms with Crippen molar-refractivity contribution in [2.75, 3.05) is 0 Å². The Hall–Kier alpha value is -2.14. The van der Waals surface area contributed by atoms with Crippen LogP contribution >= 0.6 is 0 Å². The van der Waals surface area contributed by atoms with Crippen molar-refractivity contribution in [2.45, 2.75) is 6.54 Å². The predicted molar refractivity (Wildman–Crippen MR) is 61.6 cm³/mol. The van der Waals surface area contributed by atoms with Crippen LogP contribution in [-0.2, 0) is 6.54 Å². The summed E-state index contributed by atoms with van der Waals surface area (Å²) in [6, 6.07) is 6.03. The number of nitrogens with one attached hydrogen (secondary N) is 2. The second kappa shape index (κ2) is 3.46. The Morgan fingerprint density at radius 2 is 2.19 bits per heavy atom. The van der Waals surface area contributed by atoms with Crippen LogP contribution in [0.3, 0.4) is 0 Å². The number of H-pyrrole nitrogens is 2. The number of hydrogen-bond donors (Lipinski definition) is 3. The fraction of sp³-hybridized carbons (Fsp3) is 0.0909. The Morgan fingerprint density at radius 1 is 1.25 bits per heavy atom. The van der Waals surface area contributed by atoms with E-state index in [1.807, 2.05) is 18.2 Å². The fourth-order valence-corrected chi connectivity index (χ4v) is 1.72. The molecule has 2 heterocycles. The molecule has 0 unspecified atom stereocenters. The summed E-state index contributed by atoms with van der Waals surface area (Å²) in [6.07, 6.45) is 3.48. The van der Waals surface area contributed by atoms with E-state index in [0.29, 0.717) is 6.54 Å². The van der Waals surface area contributed by atoms with Gasteiger partial charge >= 0.3 is 0 Å². The summed E-state index contributed by atoms with van der Waals surface area (Å²) in [6.45, 7) is 0.423. The van der Waals surface area contributed by atoms with E-state index in [1.165, 1.54) is 0 Å². The van der Waals surface area contributed by atoms with E-state index in [1.54, 1.807) is 12.5 Å². The van der Waals surface area contributed by atoms with Crippen LogP contribution in [0.15, 0.2) is 30.7 Å². The van der Waals surface area contributed by atoms with Crippen LogP contribution in [0.5, 0.6) is 0 Å². The molecule has 3 rings (SSSR count). The zero-order valence-electron chi connectivity index (χ0n) is 8.57. The van der Waals surface area contributed by atoms with Crippen molar-refractivity contribution in [3.63, 3.8) is 0 Å². The third-order valence-electron chi connectivity index (χ3n) is 2.55. The molecular formula is C11H11N5. The first-order valence-corrected chi connectivity index (χ1v) is 5.04. The number of rotatable bonds is 2. The van der Waals surface area contributed by atoms with Gasteiger partial charge in [-0.1, -0.05) is 6.07 Å². The lowest BCUT2D eigenvalue weighted by Crippen LogP contribution is -1.97. The highest BCUT2D eigenvalue weighted by Gasteiger charge is 2.04. The van der Waals surface area contributed by atoms with Crippen LogP contribution in [0, 0.1) is 0 Å². The topological polar surface area (TPSA) is 83.4 Å². The van der Waals surface area contributed by atoms with Gasteiger partial charge in [0.2, 0.25) is 0 Å². The lowest BCUT2D eigenvalue weighted by atomic mass is 10.1. The molecule has 1 aromatic carbocycles. The summed E-state index contributed by atoms with van der Waals surface area (Å²) in [5, 5.41) is 0. The van der Waals surface area contributed by atoms with Crippen LogP contribution in [-0.4, -0.2) is 19.9 Å². The van der Waals surface area contributed by atoms with Crippen molar-refractivity contribution in [1.29, 1.82) is 0 Å². The predicted octanol–water partition coefficient (Wildman–Crippen LogP) is 1.41. The molecule has 0 aliphatic heterocycles. The van der Waals surface area contributed by atoms with E-state index in [4.69, 9.17) is 5.73 Å². The molecule has 0 amide bonds. The second-order valence-corrected chi connectivity index (χ2v) is 3.58.